The minimum Gasteiger partial charge on any atom is -0.369 e. The minimum atomic E-state index is -0.455. The lowest BCUT2D eigenvalue weighted by Crippen LogP contribution is -2.51. The van der Waals surface area contributed by atoms with E-state index < -0.39 is 4.92 Å². The summed E-state index contributed by atoms with van der Waals surface area (Å²) in [4.78, 5) is 12.7. The zero-order valence-electron chi connectivity index (χ0n) is 15.3. The number of halogens is 1. The number of hydrogen-bond donors (Lipinski definition) is 1. The van der Waals surface area contributed by atoms with E-state index in [0.717, 1.165) is 31.5 Å². The van der Waals surface area contributed by atoms with Crippen molar-refractivity contribution in [1.82, 2.24) is 15.1 Å². The van der Waals surface area contributed by atoms with E-state index in [0.29, 0.717) is 17.8 Å². The first-order valence-corrected chi connectivity index (χ1v) is 8.71. The zero-order chi connectivity index (χ0) is 18.9. The maximum absolute atomic E-state index is 14.2. The minimum absolute atomic E-state index is 0.108. The molecule has 1 fully saturated rings. The summed E-state index contributed by atoms with van der Waals surface area (Å²) < 4.78 is 15.6. The van der Waals surface area contributed by atoms with Crippen LogP contribution >= 0.6 is 0 Å². The third-order valence-corrected chi connectivity index (χ3v) is 5.13. The molecule has 8 heteroatoms. The van der Waals surface area contributed by atoms with Gasteiger partial charge in [0.05, 0.1) is 29.6 Å². The smallest absolute Gasteiger partial charge is 0.369 e. The van der Waals surface area contributed by atoms with Crippen molar-refractivity contribution >= 4 is 11.5 Å². The van der Waals surface area contributed by atoms with Crippen LogP contribution in [0.25, 0.3) is 0 Å². The summed E-state index contributed by atoms with van der Waals surface area (Å²) in [6.45, 7) is 5.90. The molecule has 0 radical (unpaired) electrons. The second-order valence-electron chi connectivity index (χ2n) is 7.22. The Kier molecular flexibility index (Phi) is 4.95. The molecule has 0 amide bonds. The van der Waals surface area contributed by atoms with Gasteiger partial charge in [-0.3, -0.25) is 0 Å². The standard InChI is InChI=1S/C18H24FN5O2/c1-13-5-4-6-15(19)16(13)23-9-7-18(2,8-10-23)20-11-14-12-22(3)21-17(14)24(25)26/h4-6,12,20H,7-11H2,1-3H3. The second-order valence-corrected chi connectivity index (χ2v) is 7.22. The molecule has 1 aromatic carbocycles. The number of nitro groups is 1. The lowest BCUT2D eigenvalue weighted by atomic mass is 9.89. The molecule has 1 aliphatic rings. The number of benzene rings is 1. The van der Waals surface area contributed by atoms with Crippen LogP contribution in [0.4, 0.5) is 15.9 Å². The van der Waals surface area contributed by atoms with Gasteiger partial charge < -0.3 is 20.3 Å². The Morgan fingerprint density at radius 1 is 1.38 bits per heavy atom. The van der Waals surface area contributed by atoms with Gasteiger partial charge in [0.1, 0.15) is 5.82 Å². The van der Waals surface area contributed by atoms with Gasteiger partial charge in [-0.1, -0.05) is 12.1 Å². The van der Waals surface area contributed by atoms with Crippen LogP contribution in [0.5, 0.6) is 0 Å². The molecule has 0 unspecified atom stereocenters. The molecule has 0 spiro atoms. The zero-order valence-corrected chi connectivity index (χ0v) is 15.3. The molecule has 0 aliphatic carbocycles. The maximum atomic E-state index is 14.2. The van der Waals surface area contributed by atoms with Gasteiger partial charge in [-0.15, -0.1) is 0 Å². The van der Waals surface area contributed by atoms with Crippen LogP contribution < -0.4 is 10.2 Å². The van der Waals surface area contributed by atoms with Crippen molar-refractivity contribution in [3.63, 3.8) is 0 Å². The average molecular weight is 361 g/mol. The second kappa shape index (κ2) is 7.03. The van der Waals surface area contributed by atoms with Crippen LogP contribution in [0.3, 0.4) is 0 Å². The van der Waals surface area contributed by atoms with E-state index in [2.05, 4.69) is 22.2 Å². The first-order chi connectivity index (χ1) is 12.3. The van der Waals surface area contributed by atoms with Gasteiger partial charge in [0.15, 0.2) is 0 Å². The number of nitrogens with one attached hydrogen (secondary N) is 1. The molecule has 7 nitrogen and oxygen atoms in total. The number of hydrogen-bond acceptors (Lipinski definition) is 5. The molecule has 3 rings (SSSR count). The summed E-state index contributed by atoms with van der Waals surface area (Å²) in [6, 6.07) is 5.15. The normalized spacial score (nSPS) is 16.7. The van der Waals surface area contributed by atoms with Gasteiger partial charge in [0.25, 0.3) is 0 Å². The lowest BCUT2D eigenvalue weighted by molar-refractivity contribution is -0.390. The summed E-state index contributed by atoms with van der Waals surface area (Å²) in [5, 5.41) is 18.4. The molecule has 1 N–H and O–H groups in total. The van der Waals surface area contributed by atoms with Gasteiger partial charge in [-0.25, -0.2) is 4.39 Å². The highest BCUT2D eigenvalue weighted by molar-refractivity contribution is 5.54. The third-order valence-electron chi connectivity index (χ3n) is 5.13. The summed E-state index contributed by atoms with van der Waals surface area (Å²) in [5.41, 5.74) is 2.04. The fraction of sp³-hybridized carbons (Fsp3) is 0.500. The van der Waals surface area contributed by atoms with Gasteiger partial charge in [0.2, 0.25) is 0 Å². The maximum Gasteiger partial charge on any atom is 0.394 e. The first-order valence-electron chi connectivity index (χ1n) is 8.71. The summed E-state index contributed by atoms with van der Waals surface area (Å²) in [7, 11) is 1.67. The summed E-state index contributed by atoms with van der Waals surface area (Å²) >= 11 is 0. The van der Waals surface area contributed by atoms with Crippen LogP contribution in [0.2, 0.25) is 0 Å². The van der Waals surface area contributed by atoms with E-state index in [4.69, 9.17) is 0 Å². The molecule has 140 valence electrons. The van der Waals surface area contributed by atoms with Crippen molar-refractivity contribution in [3.8, 4) is 0 Å². The van der Waals surface area contributed by atoms with Crippen LogP contribution in [-0.2, 0) is 13.6 Å². The first kappa shape index (κ1) is 18.3. The Hall–Kier alpha value is -2.48. The fourth-order valence-corrected chi connectivity index (χ4v) is 3.54. The van der Waals surface area contributed by atoms with Gasteiger partial charge in [-0.2, -0.15) is 4.68 Å². The molecule has 0 bridgehead atoms. The Morgan fingerprint density at radius 3 is 2.69 bits per heavy atom. The van der Waals surface area contributed by atoms with Crippen molar-refractivity contribution in [2.24, 2.45) is 7.05 Å². The predicted octanol–water partition coefficient (Wildman–Crippen LogP) is 2.92. The molecular formula is C18H24FN5O2. The van der Waals surface area contributed by atoms with Gasteiger partial charge in [-0.05, 0) is 43.2 Å². The van der Waals surface area contributed by atoms with Crippen molar-refractivity contribution in [3.05, 3.63) is 51.5 Å². The SMILES string of the molecule is Cc1cccc(F)c1N1CCC(C)(NCc2cn(C)nc2[N+](=O)[O-])CC1. The van der Waals surface area contributed by atoms with Crippen LogP contribution in [0, 0.1) is 22.9 Å². The molecule has 2 aromatic rings. The quantitative estimate of drug-likeness (QED) is 0.655. The van der Waals surface area contributed by atoms with E-state index in [-0.39, 0.29) is 17.2 Å². The molecule has 26 heavy (non-hydrogen) atoms. The van der Waals surface area contributed by atoms with Crippen molar-refractivity contribution in [2.45, 2.75) is 38.8 Å². The van der Waals surface area contributed by atoms with Crippen LogP contribution in [0.15, 0.2) is 24.4 Å². The number of aryl methyl sites for hydroxylation is 2. The third kappa shape index (κ3) is 3.70. The average Bonchev–Trinajstić information content (AvgIpc) is 2.96. The highest BCUT2D eigenvalue weighted by Crippen LogP contribution is 2.30. The van der Waals surface area contributed by atoms with Crippen molar-refractivity contribution < 1.29 is 9.31 Å². The molecule has 2 heterocycles. The van der Waals surface area contributed by atoms with Crippen molar-refractivity contribution in [2.75, 3.05) is 18.0 Å². The number of anilines is 1. The Morgan fingerprint density at radius 2 is 2.08 bits per heavy atom. The summed E-state index contributed by atoms with van der Waals surface area (Å²) in [5.74, 6) is -0.296. The Balaban J connectivity index is 1.64. The van der Waals surface area contributed by atoms with Crippen LogP contribution in [-0.4, -0.2) is 33.3 Å². The monoisotopic (exact) mass is 361 g/mol. The predicted molar refractivity (Wildman–Crippen MR) is 97.7 cm³/mol. The Bertz CT molecular complexity index is 792. The van der Waals surface area contributed by atoms with Gasteiger partial charge >= 0.3 is 5.82 Å². The topological polar surface area (TPSA) is 76.2 Å². The number of rotatable bonds is 5. The largest absolute Gasteiger partial charge is 0.394 e. The van der Waals surface area contributed by atoms with E-state index in [1.54, 1.807) is 19.3 Å². The molecule has 1 aromatic heterocycles. The molecule has 1 saturated heterocycles. The number of nitrogens with zero attached hydrogens (tertiary/aromatic N) is 4. The molecule has 0 atom stereocenters. The number of para-hydroxylation sites is 1. The van der Waals surface area contributed by atoms with Crippen LogP contribution in [0.1, 0.15) is 30.9 Å². The van der Waals surface area contributed by atoms with E-state index >= 15 is 0 Å². The number of aromatic nitrogens is 2. The summed E-state index contributed by atoms with van der Waals surface area (Å²) in [6.07, 6.45) is 3.33. The highest BCUT2D eigenvalue weighted by atomic mass is 19.1. The van der Waals surface area contributed by atoms with Crippen molar-refractivity contribution in [1.29, 1.82) is 0 Å². The highest BCUT2D eigenvalue weighted by Gasteiger charge is 2.32. The number of piperidine rings is 1. The Labute approximate surface area is 152 Å². The molecule has 0 saturated carbocycles. The van der Waals surface area contributed by atoms with E-state index in [9.17, 15) is 14.5 Å². The molecular weight excluding hydrogens is 337 g/mol. The fourth-order valence-electron chi connectivity index (χ4n) is 3.54. The van der Waals surface area contributed by atoms with E-state index in [1.165, 1.54) is 10.7 Å². The van der Waals surface area contributed by atoms with E-state index in [1.807, 2.05) is 13.0 Å². The lowest BCUT2D eigenvalue weighted by Gasteiger charge is -2.41. The van der Waals surface area contributed by atoms with Gasteiger partial charge in [0, 0.05) is 25.2 Å². The molecule has 1 aliphatic heterocycles.